The van der Waals surface area contributed by atoms with Gasteiger partial charge in [-0.05, 0) is 25.8 Å². The van der Waals surface area contributed by atoms with E-state index in [0.29, 0.717) is 6.04 Å². The molecule has 0 radical (unpaired) electrons. The zero-order chi connectivity index (χ0) is 12.6. The predicted octanol–water partition coefficient (Wildman–Crippen LogP) is 4.32. The van der Waals surface area contributed by atoms with Gasteiger partial charge in [-0.3, -0.25) is 0 Å². The molecule has 1 saturated carbocycles. The van der Waals surface area contributed by atoms with Gasteiger partial charge in [0, 0.05) is 18.2 Å². The minimum atomic E-state index is 0. The Labute approximate surface area is 123 Å². The fraction of sp³-hybridized carbons (Fsp3) is 0.625. The molecule has 0 saturated heterocycles. The maximum atomic E-state index is 5.66. The van der Waals surface area contributed by atoms with Gasteiger partial charge in [-0.15, -0.1) is 12.4 Å². The third kappa shape index (κ3) is 5.42. The van der Waals surface area contributed by atoms with Crippen LogP contribution < -0.4 is 10.1 Å². The van der Waals surface area contributed by atoms with Crippen molar-refractivity contribution in [3.8, 4) is 5.75 Å². The smallest absolute Gasteiger partial charge is 0.123 e. The van der Waals surface area contributed by atoms with Crippen molar-refractivity contribution < 1.29 is 4.74 Å². The van der Waals surface area contributed by atoms with Crippen LogP contribution in [0.25, 0.3) is 0 Å². The number of nitrogens with one attached hydrogen (secondary N) is 1. The molecule has 0 heterocycles. The van der Waals surface area contributed by atoms with Crippen LogP contribution in [-0.2, 0) is 6.54 Å². The average molecular weight is 284 g/mol. The summed E-state index contributed by atoms with van der Waals surface area (Å²) in [5.41, 5.74) is 1.28. The number of para-hydroxylation sites is 1. The maximum absolute atomic E-state index is 5.66. The van der Waals surface area contributed by atoms with Crippen LogP contribution in [0, 0.1) is 0 Å². The van der Waals surface area contributed by atoms with E-state index in [-0.39, 0.29) is 12.4 Å². The molecule has 0 spiro atoms. The van der Waals surface area contributed by atoms with Gasteiger partial charge in [-0.1, -0.05) is 43.9 Å². The normalized spacial score (nSPS) is 16.5. The minimum absolute atomic E-state index is 0. The maximum Gasteiger partial charge on any atom is 0.123 e. The highest BCUT2D eigenvalue weighted by Gasteiger charge is 2.12. The van der Waals surface area contributed by atoms with Crippen LogP contribution in [0.2, 0.25) is 0 Å². The van der Waals surface area contributed by atoms with Gasteiger partial charge in [-0.25, -0.2) is 0 Å². The largest absolute Gasteiger partial charge is 0.494 e. The molecule has 0 atom stereocenters. The molecule has 0 aromatic heterocycles. The number of rotatable bonds is 5. The van der Waals surface area contributed by atoms with E-state index >= 15 is 0 Å². The summed E-state index contributed by atoms with van der Waals surface area (Å²) >= 11 is 0. The zero-order valence-electron chi connectivity index (χ0n) is 11.9. The lowest BCUT2D eigenvalue weighted by Crippen LogP contribution is -2.28. The Balaban J connectivity index is 0.00000180. The average Bonchev–Trinajstić information content (AvgIpc) is 2.67. The predicted molar refractivity (Wildman–Crippen MR) is 83.2 cm³/mol. The Hall–Kier alpha value is -0.730. The van der Waals surface area contributed by atoms with Crippen molar-refractivity contribution >= 4 is 12.4 Å². The quantitative estimate of drug-likeness (QED) is 0.813. The van der Waals surface area contributed by atoms with Gasteiger partial charge in [0.05, 0.1) is 6.61 Å². The second kappa shape index (κ2) is 9.22. The van der Waals surface area contributed by atoms with Crippen molar-refractivity contribution in [2.75, 3.05) is 6.61 Å². The molecule has 1 aliphatic rings. The standard InChI is InChI=1S/C16H25NO.ClH/c1-2-18-16-12-8-7-9-14(16)13-17-15-10-5-3-4-6-11-15;/h7-9,12,15,17H,2-6,10-11,13H2,1H3;1H. The van der Waals surface area contributed by atoms with Crippen molar-refractivity contribution in [1.82, 2.24) is 5.32 Å². The highest BCUT2D eigenvalue weighted by atomic mass is 35.5. The first-order valence-corrected chi connectivity index (χ1v) is 7.34. The molecule has 1 fully saturated rings. The summed E-state index contributed by atoms with van der Waals surface area (Å²) in [7, 11) is 0. The van der Waals surface area contributed by atoms with E-state index in [9.17, 15) is 0 Å². The van der Waals surface area contributed by atoms with Crippen molar-refractivity contribution in [2.24, 2.45) is 0 Å². The summed E-state index contributed by atoms with van der Waals surface area (Å²) < 4.78 is 5.66. The second-order valence-electron chi connectivity index (χ2n) is 5.11. The van der Waals surface area contributed by atoms with Crippen molar-refractivity contribution in [1.29, 1.82) is 0 Å². The SMILES string of the molecule is CCOc1ccccc1CNC1CCCCCC1.Cl. The zero-order valence-corrected chi connectivity index (χ0v) is 12.7. The van der Waals surface area contributed by atoms with Gasteiger partial charge < -0.3 is 10.1 Å². The number of hydrogen-bond donors (Lipinski definition) is 1. The van der Waals surface area contributed by atoms with Crippen LogP contribution in [0.3, 0.4) is 0 Å². The van der Waals surface area contributed by atoms with E-state index < -0.39 is 0 Å². The summed E-state index contributed by atoms with van der Waals surface area (Å²) in [5, 5.41) is 3.70. The van der Waals surface area contributed by atoms with Crippen molar-refractivity contribution in [3.05, 3.63) is 29.8 Å². The Bertz CT molecular complexity index is 348. The third-order valence-corrected chi connectivity index (χ3v) is 3.71. The Morgan fingerprint density at radius 3 is 2.47 bits per heavy atom. The number of hydrogen-bond acceptors (Lipinski definition) is 2. The van der Waals surface area contributed by atoms with Gasteiger partial charge in [0.25, 0.3) is 0 Å². The highest BCUT2D eigenvalue weighted by Crippen LogP contribution is 2.20. The molecule has 0 unspecified atom stereocenters. The molecule has 2 nitrogen and oxygen atoms in total. The number of ether oxygens (including phenoxy) is 1. The molecule has 0 bridgehead atoms. The van der Waals surface area contributed by atoms with Crippen LogP contribution in [-0.4, -0.2) is 12.6 Å². The topological polar surface area (TPSA) is 21.3 Å². The molecule has 2 rings (SSSR count). The van der Waals surface area contributed by atoms with Gasteiger partial charge in [0.15, 0.2) is 0 Å². The summed E-state index contributed by atoms with van der Waals surface area (Å²) in [6.07, 6.45) is 8.24. The molecule has 108 valence electrons. The first-order valence-electron chi connectivity index (χ1n) is 7.34. The molecule has 1 aromatic rings. The lowest BCUT2D eigenvalue weighted by atomic mass is 10.1. The Morgan fingerprint density at radius 1 is 1.11 bits per heavy atom. The van der Waals surface area contributed by atoms with Gasteiger partial charge in [0.1, 0.15) is 5.75 Å². The number of benzene rings is 1. The lowest BCUT2D eigenvalue weighted by Gasteiger charge is -2.17. The van der Waals surface area contributed by atoms with Crippen molar-refractivity contribution in [3.63, 3.8) is 0 Å². The Kier molecular flexibility index (Phi) is 7.92. The first-order chi connectivity index (χ1) is 8.90. The fourth-order valence-electron chi connectivity index (χ4n) is 2.68. The van der Waals surface area contributed by atoms with Crippen molar-refractivity contribution in [2.45, 2.75) is 58.0 Å². The van der Waals surface area contributed by atoms with E-state index in [2.05, 4.69) is 23.5 Å². The van der Waals surface area contributed by atoms with Crippen LogP contribution in [0.1, 0.15) is 51.0 Å². The fourth-order valence-corrected chi connectivity index (χ4v) is 2.68. The minimum Gasteiger partial charge on any atom is -0.494 e. The summed E-state index contributed by atoms with van der Waals surface area (Å²) in [6, 6.07) is 9.05. The third-order valence-electron chi connectivity index (χ3n) is 3.71. The van der Waals surface area contributed by atoms with Gasteiger partial charge in [0.2, 0.25) is 0 Å². The van der Waals surface area contributed by atoms with E-state index in [4.69, 9.17) is 4.74 Å². The molecule has 19 heavy (non-hydrogen) atoms. The molecular weight excluding hydrogens is 258 g/mol. The van der Waals surface area contributed by atoms with E-state index in [1.54, 1.807) is 0 Å². The van der Waals surface area contributed by atoms with Gasteiger partial charge in [-0.2, -0.15) is 0 Å². The monoisotopic (exact) mass is 283 g/mol. The summed E-state index contributed by atoms with van der Waals surface area (Å²) in [5.74, 6) is 1.03. The van der Waals surface area contributed by atoms with Crippen LogP contribution in [0.4, 0.5) is 0 Å². The summed E-state index contributed by atoms with van der Waals surface area (Å²) in [6.45, 7) is 3.71. The lowest BCUT2D eigenvalue weighted by molar-refractivity contribution is 0.334. The van der Waals surface area contributed by atoms with Crippen LogP contribution in [0.15, 0.2) is 24.3 Å². The molecule has 1 aromatic carbocycles. The summed E-state index contributed by atoms with van der Waals surface area (Å²) in [4.78, 5) is 0. The van der Waals surface area contributed by atoms with Gasteiger partial charge >= 0.3 is 0 Å². The van der Waals surface area contributed by atoms with E-state index in [1.807, 2.05) is 13.0 Å². The molecule has 1 N–H and O–H groups in total. The van der Waals surface area contributed by atoms with Crippen LogP contribution in [0.5, 0.6) is 5.75 Å². The molecule has 0 amide bonds. The number of halogens is 1. The molecule has 1 aliphatic carbocycles. The van der Waals surface area contributed by atoms with E-state index in [1.165, 1.54) is 44.1 Å². The second-order valence-corrected chi connectivity index (χ2v) is 5.11. The Morgan fingerprint density at radius 2 is 1.79 bits per heavy atom. The van der Waals surface area contributed by atoms with Crippen LogP contribution >= 0.6 is 12.4 Å². The highest BCUT2D eigenvalue weighted by molar-refractivity contribution is 5.85. The molecular formula is C16H26ClNO. The van der Waals surface area contributed by atoms with E-state index in [0.717, 1.165) is 18.9 Å². The molecule has 0 aliphatic heterocycles. The molecule has 3 heteroatoms. The first kappa shape index (κ1) is 16.3.